The van der Waals surface area contributed by atoms with Crippen LogP contribution in [0, 0.1) is 6.92 Å². The van der Waals surface area contributed by atoms with Crippen molar-refractivity contribution in [2.75, 3.05) is 13.6 Å². The SMILES string of the molecule is CC[C@]1(c2ccccc2)NC(=O)N(CC(=O)N(C)Cc2ccc(C)cc2)C1=O. The van der Waals surface area contributed by atoms with E-state index in [0.717, 1.165) is 21.6 Å². The number of carbonyl (C=O) groups is 3. The van der Waals surface area contributed by atoms with Crippen molar-refractivity contribution in [2.45, 2.75) is 32.4 Å². The Morgan fingerprint density at radius 1 is 1.07 bits per heavy atom. The van der Waals surface area contributed by atoms with E-state index in [2.05, 4.69) is 5.32 Å². The second kappa shape index (κ2) is 7.84. The summed E-state index contributed by atoms with van der Waals surface area (Å²) in [5, 5.41) is 2.80. The maximum atomic E-state index is 13.1. The molecule has 1 aliphatic rings. The van der Waals surface area contributed by atoms with Crippen LogP contribution in [0.1, 0.15) is 30.0 Å². The standard InChI is InChI=1S/C22H25N3O3/c1-4-22(18-8-6-5-7-9-18)20(27)25(21(28)23-22)15-19(26)24(3)14-17-12-10-16(2)11-13-17/h5-13H,4,14-15H2,1-3H3,(H,23,28)/t22-/m1/s1. The molecule has 6 nitrogen and oxygen atoms in total. The highest BCUT2D eigenvalue weighted by Gasteiger charge is 2.51. The van der Waals surface area contributed by atoms with Crippen LogP contribution in [0.25, 0.3) is 0 Å². The molecule has 1 heterocycles. The number of benzene rings is 2. The topological polar surface area (TPSA) is 69.7 Å². The van der Waals surface area contributed by atoms with E-state index in [-0.39, 0.29) is 18.4 Å². The average molecular weight is 379 g/mol. The minimum absolute atomic E-state index is 0.276. The lowest BCUT2D eigenvalue weighted by atomic mass is 9.87. The van der Waals surface area contributed by atoms with Gasteiger partial charge in [-0.2, -0.15) is 0 Å². The first-order chi connectivity index (χ1) is 13.4. The molecule has 1 saturated heterocycles. The molecule has 146 valence electrons. The summed E-state index contributed by atoms with van der Waals surface area (Å²) in [6.45, 7) is 3.99. The number of hydrogen-bond acceptors (Lipinski definition) is 3. The van der Waals surface area contributed by atoms with Gasteiger partial charge in [-0.15, -0.1) is 0 Å². The monoisotopic (exact) mass is 379 g/mol. The molecule has 1 N–H and O–H groups in total. The van der Waals surface area contributed by atoms with Crippen LogP contribution >= 0.6 is 0 Å². The molecule has 4 amide bonds. The summed E-state index contributed by atoms with van der Waals surface area (Å²) in [7, 11) is 1.67. The van der Waals surface area contributed by atoms with Gasteiger partial charge >= 0.3 is 6.03 Å². The fourth-order valence-corrected chi connectivity index (χ4v) is 3.44. The van der Waals surface area contributed by atoms with Crippen LogP contribution in [0.4, 0.5) is 4.79 Å². The Labute approximate surface area is 165 Å². The van der Waals surface area contributed by atoms with Gasteiger partial charge in [-0.25, -0.2) is 4.79 Å². The fourth-order valence-electron chi connectivity index (χ4n) is 3.44. The Hall–Kier alpha value is -3.15. The van der Waals surface area contributed by atoms with E-state index in [1.54, 1.807) is 7.05 Å². The molecular weight excluding hydrogens is 354 g/mol. The molecule has 0 bridgehead atoms. The van der Waals surface area contributed by atoms with Gasteiger partial charge in [0.25, 0.3) is 5.91 Å². The van der Waals surface area contributed by atoms with E-state index in [1.807, 2.05) is 68.4 Å². The van der Waals surface area contributed by atoms with Crippen molar-refractivity contribution in [1.82, 2.24) is 15.1 Å². The van der Waals surface area contributed by atoms with E-state index in [0.29, 0.717) is 13.0 Å². The number of imide groups is 1. The first-order valence-electron chi connectivity index (χ1n) is 9.36. The summed E-state index contributed by atoms with van der Waals surface area (Å²) in [5.74, 6) is -0.674. The smallest absolute Gasteiger partial charge is 0.325 e. The fraction of sp³-hybridized carbons (Fsp3) is 0.318. The third-order valence-electron chi connectivity index (χ3n) is 5.23. The Balaban J connectivity index is 1.73. The molecule has 0 unspecified atom stereocenters. The number of rotatable bonds is 6. The molecule has 0 aliphatic carbocycles. The quantitative estimate of drug-likeness (QED) is 0.785. The zero-order chi connectivity index (χ0) is 20.3. The highest BCUT2D eigenvalue weighted by molar-refractivity contribution is 6.09. The van der Waals surface area contributed by atoms with Gasteiger partial charge in [0.2, 0.25) is 5.91 Å². The van der Waals surface area contributed by atoms with Crippen LogP contribution in [0.15, 0.2) is 54.6 Å². The van der Waals surface area contributed by atoms with Crippen LogP contribution in [-0.4, -0.2) is 41.2 Å². The normalized spacial score (nSPS) is 18.9. The van der Waals surface area contributed by atoms with Crippen molar-refractivity contribution in [3.8, 4) is 0 Å². The summed E-state index contributed by atoms with van der Waals surface area (Å²) in [5.41, 5.74) is 1.74. The average Bonchev–Trinajstić information content (AvgIpc) is 2.95. The molecule has 3 rings (SSSR count). The summed E-state index contributed by atoms with van der Waals surface area (Å²) in [4.78, 5) is 40.8. The minimum Gasteiger partial charge on any atom is -0.340 e. The lowest BCUT2D eigenvalue weighted by molar-refractivity contribution is -0.138. The number of urea groups is 1. The van der Waals surface area contributed by atoms with Crippen LogP contribution in [0.5, 0.6) is 0 Å². The first-order valence-corrected chi connectivity index (χ1v) is 9.36. The van der Waals surface area contributed by atoms with E-state index in [9.17, 15) is 14.4 Å². The van der Waals surface area contributed by atoms with E-state index in [4.69, 9.17) is 0 Å². The summed E-state index contributed by atoms with van der Waals surface area (Å²) >= 11 is 0. The first kappa shape index (κ1) is 19.6. The Kier molecular flexibility index (Phi) is 5.49. The molecule has 0 aromatic heterocycles. The lowest BCUT2D eigenvalue weighted by Crippen LogP contribution is -2.45. The highest BCUT2D eigenvalue weighted by atomic mass is 16.2. The molecule has 1 fully saturated rings. The van der Waals surface area contributed by atoms with E-state index >= 15 is 0 Å². The van der Waals surface area contributed by atoms with Crippen molar-refractivity contribution >= 4 is 17.8 Å². The van der Waals surface area contributed by atoms with Crippen molar-refractivity contribution in [3.63, 3.8) is 0 Å². The van der Waals surface area contributed by atoms with Gasteiger partial charge in [-0.3, -0.25) is 14.5 Å². The number of carbonyl (C=O) groups excluding carboxylic acids is 3. The third kappa shape index (κ3) is 3.63. The van der Waals surface area contributed by atoms with Gasteiger partial charge < -0.3 is 10.2 Å². The van der Waals surface area contributed by atoms with Crippen LogP contribution in [0.3, 0.4) is 0 Å². The number of likely N-dealkylation sites (N-methyl/N-ethyl adjacent to an activating group) is 1. The number of aryl methyl sites for hydroxylation is 1. The van der Waals surface area contributed by atoms with Gasteiger partial charge in [0.1, 0.15) is 12.1 Å². The Morgan fingerprint density at radius 2 is 1.71 bits per heavy atom. The zero-order valence-electron chi connectivity index (χ0n) is 16.4. The van der Waals surface area contributed by atoms with Crippen LogP contribution < -0.4 is 5.32 Å². The molecular formula is C22H25N3O3. The second-order valence-electron chi connectivity index (χ2n) is 7.18. The molecule has 2 aromatic rings. The summed E-state index contributed by atoms with van der Waals surface area (Å²) in [6.07, 6.45) is 0.408. The Bertz CT molecular complexity index is 880. The molecule has 2 aromatic carbocycles. The van der Waals surface area contributed by atoms with Crippen molar-refractivity contribution < 1.29 is 14.4 Å². The lowest BCUT2D eigenvalue weighted by Gasteiger charge is -2.26. The molecule has 28 heavy (non-hydrogen) atoms. The van der Waals surface area contributed by atoms with E-state index < -0.39 is 11.6 Å². The predicted octanol–water partition coefficient (Wildman–Crippen LogP) is 2.81. The largest absolute Gasteiger partial charge is 0.340 e. The van der Waals surface area contributed by atoms with Gasteiger partial charge in [-0.05, 0) is 24.5 Å². The molecule has 1 atom stereocenters. The number of nitrogens with one attached hydrogen (secondary N) is 1. The predicted molar refractivity (Wildman–Crippen MR) is 106 cm³/mol. The molecule has 1 aliphatic heterocycles. The highest BCUT2D eigenvalue weighted by Crippen LogP contribution is 2.32. The Morgan fingerprint density at radius 3 is 2.32 bits per heavy atom. The second-order valence-corrected chi connectivity index (χ2v) is 7.18. The van der Waals surface area contributed by atoms with Gasteiger partial charge in [0, 0.05) is 13.6 Å². The summed E-state index contributed by atoms with van der Waals surface area (Å²) < 4.78 is 0. The zero-order valence-corrected chi connectivity index (χ0v) is 16.4. The molecule has 0 radical (unpaired) electrons. The maximum absolute atomic E-state index is 13.1. The maximum Gasteiger partial charge on any atom is 0.325 e. The molecule has 0 spiro atoms. The van der Waals surface area contributed by atoms with Crippen LogP contribution in [-0.2, 0) is 21.7 Å². The van der Waals surface area contributed by atoms with Gasteiger partial charge in [-0.1, -0.05) is 67.1 Å². The number of amides is 4. The molecule has 0 saturated carbocycles. The van der Waals surface area contributed by atoms with Crippen molar-refractivity contribution in [1.29, 1.82) is 0 Å². The van der Waals surface area contributed by atoms with Crippen molar-refractivity contribution in [3.05, 3.63) is 71.3 Å². The molecule has 6 heteroatoms. The van der Waals surface area contributed by atoms with Crippen LogP contribution in [0.2, 0.25) is 0 Å². The number of hydrogen-bond donors (Lipinski definition) is 1. The third-order valence-corrected chi connectivity index (χ3v) is 5.23. The van der Waals surface area contributed by atoms with Crippen molar-refractivity contribution in [2.24, 2.45) is 0 Å². The van der Waals surface area contributed by atoms with Gasteiger partial charge in [0.15, 0.2) is 0 Å². The van der Waals surface area contributed by atoms with E-state index in [1.165, 1.54) is 4.90 Å². The van der Waals surface area contributed by atoms with Gasteiger partial charge in [0.05, 0.1) is 0 Å². The minimum atomic E-state index is -1.12. The number of nitrogens with zero attached hydrogens (tertiary/aromatic N) is 2. The summed E-state index contributed by atoms with van der Waals surface area (Å²) in [6, 6.07) is 16.5.